The zero-order valence-electron chi connectivity index (χ0n) is 13.4. The highest BCUT2D eigenvalue weighted by molar-refractivity contribution is 7.10. The third-order valence-corrected chi connectivity index (χ3v) is 5.08. The van der Waals surface area contributed by atoms with Crippen molar-refractivity contribution in [3.63, 3.8) is 0 Å². The molecule has 6 nitrogen and oxygen atoms in total. The van der Waals surface area contributed by atoms with Crippen LogP contribution in [-0.2, 0) is 16.0 Å². The first-order valence-corrected chi connectivity index (χ1v) is 8.74. The van der Waals surface area contributed by atoms with Crippen LogP contribution in [0, 0.1) is 13.8 Å². The number of hydrogen-bond acceptors (Lipinski definition) is 6. The summed E-state index contributed by atoms with van der Waals surface area (Å²) in [6.45, 7) is 5.47. The van der Waals surface area contributed by atoms with E-state index in [1.165, 1.54) is 10.4 Å². The highest BCUT2D eigenvalue weighted by atomic mass is 32.1. The molecule has 2 aromatic heterocycles. The SMILES string of the molecule is Cc1nnc([C@@H]2CN(C(=O)CCCc3sccc3C)CCO2)o1. The molecule has 0 aromatic carbocycles. The molecule has 1 fully saturated rings. The number of morpholine rings is 1. The largest absolute Gasteiger partial charge is 0.423 e. The zero-order valence-corrected chi connectivity index (χ0v) is 14.3. The lowest BCUT2D eigenvalue weighted by Crippen LogP contribution is -2.42. The lowest BCUT2D eigenvalue weighted by atomic mass is 10.1. The maximum absolute atomic E-state index is 12.4. The summed E-state index contributed by atoms with van der Waals surface area (Å²) in [7, 11) is 0. The predicted molar refractivity (Wildman–Crippen MR) is 86.3 cm³/mol. The molecular weight excluding hydrogens is 314 g/mol. The number of carbonyl (C=O) groups excluding carboxylic acids is 1. The molecule has 2 aromatic rings. The summed E-state index contributed by atoms with van der Waals surface area (Å²) in [6, 6.07) is 2.13. The minimum Gasteiger partial charge on any atom is -0.423 e. The summed E-state index contributed by atoms with van der Waals surface area (Å²) in [4.78, 5) is 15.6. The predicted octanol–water partition coefficient (Wildman–Crippen LogP) is 2.67. The van der Waals surface area contributed by atoms with Gasteiger partial charge in [0.2, 0.25) is 17.7 Å². The van der Waals surface area contributed by atoms with E-state index >= 15 is 0 Å². The van der Waals surface area contributed by atoms with E-state index in [1.807, 2.05) is 4.90 Å². The van der Waals surface area contributed by atoms with Gasteiger partial charge in [0, 0.05) is 24.8 Å². The molecule has 0 radical (unpaired) electrons. The number of carbonyl (C=O) groups is 1. The van der Waals surface area contributed by atoms with Crippen molar-refractivity contribution in [2.24, 2.45) is 0 Å². The molecule has 124 valence electrons. The van der Waals surface area contributed by atoms with Crippen LogP contribution in [0.5, 0.6) is 0 Å². The van der Waals surface area contributed by atoms with Gasteiger partial charge in [-0.25, -0.2) is 0 Å². The van der Waals surface area contributed by atoms with Crippen molar-refractivity contribution in [3.05, 3.63) is 33.7 Å². The second kappa shape index (κ2) is 7.23. The zero-order chi connectivity index (χ0) is 16.2. The summed E-state index contributed by atoms with van der Waals surface area (Å²) < 4.78 is 11.1. The van der Waals surface area contributed by atoms with E-state index in [-0.39, 0.29) is 12.0 Å². The molecule has 1 atom stereocenters. The van der Waals surface area contributed by atoms with Crippen LogP contribution >= 0.6 is 11.3 Å². The van der Waals surface area contributed by atoms with E-state index in [0.29, 0.717) is 37.9 Å². The Hall–Kier alpha value is -1.73. The molecule has 3 rings (SSSR count). The normalized spacial score (nSPS) is 18.3. The van der Waals surface area contributed by atoms with Crippen LogP contribution in [0.2, 0.25) is 0 Å². The van der Waals surface area contributed by atoms with Gasteiger partial charge in [0.1, 0.15) is 0 Å². The number of aryl methyl sites for hydroxylation is 3. The Morgan fingerprint density at radius 1 is 1.43 bits per heavy atom. The first kappa shape index (κ1) is 16.1. The van der Waals surface area contributed by atoms with E-state index in [4.69, 9.17) is 9.15 Å². The van der Waals surface area contributed by atoms with Crippen molar-refractivity contribution >= 4 is 17.2 Å². The molecule has 7 heteroatoms. The number of aromatic nitrogens is 2. The molecule has 0 saturated carbocycles. The summed E-state index contributed by atoms with van der Waals surface area (Å²) in [5, 5.41) is 9.91. The lowest BCUT2D eigenvalue weighted by molar-refractivity contribution is -0.140. The van der Waals surface area contributed by atoms with Crippen molar-refractivity contribution < 1.29 is 13.9 Å². The fourth-order valence-corrected chi connectivity index (χ4v) is 3.64. The van der Waals surface area contributed by atoms with Gasteiger partial charge in [0.05, 0.1) is 13.2 Å². The number of thiophene rings is 1. The Bertz CT molecular complexity index is 667. The summed E-state index contributed by atoms with van der Waals surface area (Å²) >= 11 is 1.76. The maximum Gasteiger partial charge on any atom is 0.246 e. The summed E-state index contributed by atoms with van der Waals surface area (Å²) in [5.41, 5.74) is 1.32. The van der Waals surface area contributed by atoms with Gasteiger partial charge >= 0.3 is 0 Å². The van der Waals surface area contributed by atoms with Gasteiger partial charge in [0.25, 0.3) is 0 Å². The Balaban J connectivity index is 1.50. The smallest absolute Gasteiger partial charge is 0.246 e. The van der Waals surface area contributed by atoms with Crippen molar-refractivity contribution in [2.45, 2.75) is 39.2 Å². The average Bonchev–Trinajstić information content (AvgIpc) is 3.16. The van der Waals surface area contributed by atoms with Crippen molar-refractivity contribution in [1.82, 2.24) is 15.1 Å². The first-order chi connectivity index (χ1) is 11.1. The van der Waals surface area contributed by atoms with E-state index in [0.717, 1.165) is 12.8 Å². The van der Waals surface area contributed by atoms with Crippen LogP contribution in [0.15, 0.2) is 15.9 Å². The van der Waals surface area contributed by atoms with Gasteiger partial charge in [-0.15, -0.1) is 21.5 Å². The number of ether oxygens (including phenoxy) is 1. The minimum absolute atomic E-state index is 0.170. The molecule has 0 bridgehead atoms. The van der Waals surface area contributed by atoms with Crippen LogP contribution in [-0.4, -0.2) is 40.7 Å². The fourth-order valence-electron chi connectivity index (χ4n) is 2.69. The summed E-state index contributed by atoms with van der Waals surface area (Å²) in [5.74, 6) is 1.14. The fraction of sp³-hybridized carbons (Fsp3) is 0.562. The topological polar surface area (TPSA) is 68.5 Å². The molecule has 1 aliphatic heterocycles. The summed E-state index contributed by atoms with van der Waals surface area (Å²) in [6.07, 6.45) is 2.09. The Morgan fingerprint density at radius 3 is 3.00 bits per heavy atom. The molecule has 1 aliphatic rings. The number of amides is 1. The number of nitrogens with zero attached hydrogens (tertiary/aromatic N) is 3. The van der Waals surface area contributed by atoms with Crippen LogP contribution in [0.1, 0.15) is 41.2 Å². The molecule has 1 amide bonds. The monoisotopic (exact) mass is 335 g/mol. The molecule has 1 saturated heterocycles. The van der Waals surface area contributed by atoms with Gasteiger partial charge in [-0.2, -0.15) is 0 Å². The quantitative estimate of drug-likeness (QED) is 0.840. The van der Waals surface area contributed by atoms with Gasteiger partial charge in [0.15, 0.2) is 6.10 Å². The second-order valence-corrected chi connectivity index (χ2v) is 6.74. The maximum atomic E-state index is 12.4. The van der Waals surface area contributed by atoms with Gasteiger partial charge in [-0.1, -0.05) is 0 Å². The molecule has 3 heterocycles. The Kier molecular flexibility index (Phi) is 5.07. The van der Waals surface area contributed by atoms with Crippen LogP contribution in [0.3, 0.4) is 0 Å². The molecular formula is C16H21N3O3S. The molecule has 0 spiro atoms. The standard InChI is InChI=1S/C16H21N3O3S/c1-11-6-9-23-14(11)4-3-5-15(20)19-7-8-21-13(10-19)16-18-17-12(2)22-16/h6,9,13H,3-5,7-8,10H2,1-2H3/t13-/m0/s1. The van der Waals surface area contributed by atoms with E-state index < -0.39 is 0 Å². The molecule has 0 N–H and O–H groups in total. The van der Waals surface area contributed by atoms with Crippen molar-refractivity contribution in [3.8, 4) is 0 Å². The average molecular weight is 335 g/mol. The highest BCUT2D eigenvalue weighted by Crippen LogP contribution is 2.22. The Morgan fingerprint density at radius 2 is 2.30 bits per heavy atom. The second-order valence-electron chi connectivity index (χ2n) is 5.74. The van der Waals surface area contributed by atoms with Crippen LogP contribution in [0.4, 0.5) is 0 Å². The molecule has 0 unspecified atom stereocenters. The molecule has 0 aliphatic carbocycles. The third kappa shape index (κ3) is 3.97. The third-order valence-electron chi connectivity index (χ3n) is 4.00. The van der Waals surface area contributed by atoms with Crippen molar-refractivity contribution in [2.75, 3.05) is 19.7 Å². The van der Waals surface area contributed by atoms with Gasteiger partial charge in [-0.3, -0.25) is 4.79 Å². The number of rotatable bonds is 5. The van der Waals surface area contributed by atoms with Crippen LogP contribution in [0.25, 0.3) is 0 Å². The highest BCUT2D eigenvalue weighted by Gasteiger charge is 2.28. The van der Waals surface area contributed by atoms with Crippen molar-refractivity contribution in [1.29, 1.82) is 0 Å². The van der Waals surface area contributed by atoms with E-state index in [1.54, 1.807) is 18.3 Å². The molecule has 23 heavy (non-hydrogen) atoms. The van der Waals surface area contributed by atoms with E-state index in [9.17, 15) is 4.79 Å². The first-order valence-electron chi connectivity index (χ1n) is 7.86. The van der Waals surface area contributed by atoms with Gasteiger partial charge < -0.3 is 14.1 Å². The van der Waals surface area contributed by atoms with Crippen LogP contribution < -0.4 is 0 Å². The Labute approximate surface area is 139 Å². The van der Waals surface area contributed by atoms with Gasteiger partial charge in [-0.05, 0) is 36.8 Å². The number of hydrogen-bond donors (Lipinski definition) is 0. The lowest BCUT2D eigenvalue weighted by Gasteiger charge is -2.31. The minimum atomic E-state index is -0.312. The van der Waals surface area contributed by atoms with E-state index in [2.05, 4.69) is 28.6 Å².